The average molecular weight is 278 g/mol. The molecular weight excluding hydrogens is 252 g/mol. The topological polar surface area (TPSA) is 75.4 Å². The van der Waals surface area contributed by atoms with Crippen LogP contribution < -0.4 is 11.1 Å². The van der Waals surface area contributed by atoms with Gasteiger partial charge in [0.2, 0.25) is 5.91 Å². The Kier molecular flexibility index (Phi) is 6.17. The van der Waals surface area contributed by atoms with Gasteiger partial charge < -0.3 is 16.2 Å². The van der Waals surface area contributed by atoms with Crippen LogP contribution in [0.4, 0.5) is 0 Å². The molecule has 3 atom stereocenters. The molecule has 4 N–H and O–H groups in total. The summed E-state index contributed by atoms with van der Waals surface area (Å²) >= 11 is 0. The molecule has 0 saturated heterocycles. The van der Waals surface area contributed by atoms with Crippen molar-refractivity contribution in [1.82, 2.24) is 5.32 Å². The van der Waals surface area contributed by atoms with Crippen LogP contribution in [0.25, 0.3) is 0 Å². The van der Waals surface area contributed by atoms with Crippen LogP contribution in [0.1, 0.15) is 39.2 Å². The quantitative estimate of drug-likeness (QED) is 0.709. The number of rotatable bonds is 7. The van der Waals surface area contributed by atoms with Crippen molar-refractivity contribution in [2.45, 2.75) is 57.7 Å². The monoisotopic (exact) mass is 278 g/mol. The molecule has 0 spiro atoms. The molecule has 1 aromatic rings. The Morgan fingerprint density at radius 1 is 1.40 bits per heavy atom. The maximum Gasteiger partial charge on any atom is 0.240 e. The van der Waals surface area contributed by atoms with Crippen molar-refractivity contribution < 1.29 is 9.90 Å². The van der Waals surface area contributed by atoms with E-state index in [4.69, 9.17) is 5.73 Å². The molecule has 0 heterocycles. The highest BCUT2D eigenvalue weighted by Gasteiger charge is 2.29. The van der Waals surface area contributed by atoms with Crippen LogP contribution in [0.2, 0.25) is 0 Å². The van der Waals surface area contributed by atoms with Crippen LogP contribution in [-0.2, 0) is 11.2 Å². The van der Waals surface area contributed by atoms with Crippen LogP contribution in [0, 0.1) is 0 Å². The standard InChI is InChI=1S/C16H26N2O2/c1-4-10-16(3,17)15(20)18-12(2)14(19)11-13-8-6-5-7-9-13/h5-9,12,14,19H,4,10-11,17H2,1-3H3,(H,18,20). The number of carbonyl (C=O) groups excluding carboxylic acids is 1. The first-order valence-electron chi connectivity index (χ1n) is 7.18. The van der Waals surface area contributed by atoms with Crippen LogP contribution in [-0.4, -0.2) is 28.7 Å². The fraction of sp³-hybridized carbons (Fsp3) is 0.562. The van der Waals surface area contributed by atoms with Gasteiger partial charge in [0.15, 0.2) is 0 Å². The minimum atomic E-state index is -0.879. The second-order valence-corrected chi connectivity index (χ2v) is 5.69. The molecule has 0 saturated carbocycles. The number of amides is 1. The van der Waals surface area contributed by atoms with Gasteiger partial charge in [-0.2, -0.15) is 0 Å². The van der Waals surface area contributed by atoms with E-state index in [2.05, 4.69) is 5.32 Å². The SMILES string of the molecule is CCCC(C)(N)C(=O)NC(C)C(O)Cc1ccccc1. The van der Waals surface area contributed by atoms with Crippen LogP contribution >= 0.6 is 0 Å². The number of benzene rings is 1. The third-order valence-electron chi connectivity index (χ3n) is 3.51. The number of aliphatic hydroxyl groups is 1. The molecule has 1 aromatic carbocycles. The van der Waals surface area contributed by atoms with E-state index in [0.717, 1.165) is 12.0 Å². The van der Waals surface area contributed by atoms with E-state index in [1.54, 1.807) is 13.8 Å². The number of aliphatic hydroxyl groups excluding tert-OH is 1. The molecule has 0 aliphatic heterocycles. The molecule has 0 aromatic heterocycles. The zero-order chi connectivity index (χ0) is 15.2. The average Bonchev–Trinajstić information content (AvgIpc) is 2.39. The van der Waals surface area contributed by atoms with Crippen LogP contribution in [0.15, 0.2) is 30.3 Å². The molecule has 3 unspecified atom stereocenters. The Labute approximate surface area is 121 Å². The summed E-state index contributed by atoms with van der Waals surface area (Å²) in [6.07, 6.45) is 1.36. The second kappa shape index (κ2) is 7.41. The van der Waals surface area contributed by atoms with E-state index >= 15 is 0 Å². The molecule has 4 nitrogen and oxygen atoms in total. The van der Waals surface area contributed by atoms with E-state index in [1.807, 2.05) is 37.3 Å². The van der Waals surface area contributed by atoms with E-state index in [9.17, 15) is 9.90 Å². The van der Waals surface area contributed by atoms with Crippen LogP contribution in [0.3, 0.4) is 0 Å². The third kappa shape index (κ3) is 4.94. The predicted molar refractivity (Wildman–Crippen MR) is 81.3 cm³/mol. The summed E-state index contributed by atoms with van der Waals surface area (Å²) in [4.78, 5) is 12.1. The van der Waals surface area contributed by atoms with Gasteiger partial charge in [0.05, 0.1) is 17.7 Å². The first kappa shape index (κ1) is 16.7. The van der Waals surface area contributed by atoms with E-state index < -0.39 is 11.6 Å². The lowest BCUT2D eigenvalue weighted by Gasteiger charge is -2.27. The predicted octanol–water partition coefficient (Wildman–Crippen LogP) is 1.61. The fourth-order valence-corrected chi connectivity index (χ4v) is 2.13. The molecule has 0 aliphatic rings. The van der Waals surface area contributed by atoms with Gasteiger partial charge in [-0.1, -0.05) is 43.7 Å². The molecule has 112 valence electrons. The molecule has 0 bridgehead atoms. The zero-order valence-corrected chi connectivity index (χ0v) is 12.6. The third-order valence-corrected chi connectivity index (χ3v) is 3.51. The first-order chi connectivity index (χ1) is 9.36. The van der Waals surface area contributed by atoms with Gasteiger partial charge in [-0.25, -0.2) is 0 Å². The summed E-state index contributed by atoms with van der Waals surface area (Å²) < 4.78 is 0. The highest BCUT2D eigenvalue weighted by Crippen LogP contribution is 2.11. The van der Waals surface area contributed by atoms with Gasteiger partial charge >= 0.3 is 0 Å². The summed E-state index contributed by atoms with van der Waals surface area (Å²) in [5.74, 6) is -0.209. The molecule has 0 aliphatic carbocycles. The van der Waals surface area contributed by atoms with Crippen LogP contribution in [0.5, 0.6) is 0 Å². The van der Waals surface area contributed by atoms with Crippen molar-refractivity contribution in [3.63, 3.8) is 0 Å². The normalized spacial score (nSPS) is 17.1. The Morgan fingerprint density at radius 2 is 2.00 bits per heavy atom. The first-order valence-corrected chi connectivity index (χ1v) is 7.18. The fourth-order valence-electron chi connectivity index (χ4n) is 2.13. The molecule has 4 heteroatoms. The molecule has 0 fully saturated rings. The lowest BCUT2D eigenvalue weighted by Crippen LogP contribution is -2.55. The second-order valence-electron chi connectivity index (χ2n) is 5.69. The van der Waals surface area contributed by atoms with Gasteiger partial charge in [-0.3, -0.25) is 4.79 Å². The van der Waals surface area contributed by atoms with Gasteiger partial charge in [-0.05, 0) is 25.8 Å². The lowest BCUT2D eigenvalue weighted by molar-refractivity contribution is -0.127. The summed E-state index contributed by atoms with van der Waals surface area (Å²) in [5, 5.41) is 13.0. The Balaban J connectivity index is 2.53. The molecule has 1 amide bonds. The number of carbonyl (C=O) groups is 1. The number of nitrogens with two attached hydrogens (primary N) is 1. The van der Waals surface area contributed by atoms with Gasteiger partial charge in [-0.15, -0.1) is 0 Å². The van der Waals surface area contributed by atoms with Crippen molar-refractivity contribution in [1.29, 1.82) is 0 Å². The smallest absolute Gasteiger partial charge is 0.240 e. The summed E-state index contributed by atoms with van der Waals surface area (Å²) in [7, 11) is 0. The van der Waals surface area contributed by atoms with E-state index in [1.165, 1.54) is 0 Å². The molecule has 20 heavy (non-hydrogen) atoms. The largest absolute Gasteiger partial charge is 0.391 e. The van der Waals surface area contributed by atoms with Crippen molar-refractivity contribution in [3.8, 4) is 0 Å². The molecular formula is C16H26N2O2. The maximum absolute atomic E-state index is 12.1. The highest BCUT2D eigenvalue weighted by atomic mass is 16.3. The minimum absolute atomic E-state index is 0.209. The summed E-state index contributed by atoms with van der Waals surface area (Å²) in [6, 6.07) is 9.39. The van der Waals surface area contributed by atoms with E-state index in [-0.39, 0.29) is 11.9 Å². The number of hydrogen-bond acceptors (Lipinski definition) is 3. The lowest BCUT2D eigenvalue weighted by atomic mass is 9.95. The highest BCUT2D eigenvalue weighted by molar-refractivity contribution is 5.85. The Bertz CT molecular complexity index is 418. The maximum atomic E-state index is 12.1. The Morgan fingerprint density at radius 3 is 2.55 bits per heavy atom. The van der Waals surface area contributed by atoms with Crippen molar-refractivity contribution >= 4 is 5.91 Å². The van der Waals surface area contributed by atoms with Gasteiger partial charge in [0.1, 0.15) is 0 Å². The summed E-state index contributed by atoms with van der Waals surface area (Å²) in [5.41, 5.74) is 6.15. The molecule has 0 radical (unpaired) electrons. The zero-order valence-electron chi connectivity index (χ0n) is 12.6. The Hall–Kier alpha value is -1.39. The number of nitrogens with one attached hydrogen (secondary N) is 1. The summed E-state index contributed by atoms with van der Waals surface area (Å²) in [6.45, 7) is 5.52. The van der Waals surface area contributed by atoms with E-state index in [0.29, 0.717) is 12.8 Å². The minimum Gasteiger partial charge on any atom is -0.391 e. The van der Waals surface area contributed by atoms with Gasteiger partial charge in [0.25, 0.3) is 0 Å². The number of hydrogen-bond donors (Lipinski definition) is 3. The van der Waals surface area contributed by atoms with Crippen molar-refractivity contribution in [2.24, 2.45) is 5.73 Å². The molecule has 1 rings (SSSR count). The van der Waals surface area contributed by atoms with Crippen molar-refractivity contribution in [2.75, 3.05) is 0 Å². The van der Waals surface area contributed by atoms with Gasteiger partial charge in [0, 0.05) is 6.42 Å². The van der Waals surface area contributed by atoms with Crippen molar-refractivity contribution in [3.05, 3.63) is 35.9 Å².